The van der Waals surface area contributed by atoms with Gasteiger partial charge in [-0.3, -0.25) is 14.6 Å². The zero-order valence-corrected chi connectivity index (χ0v) is 15.4. The lowest BCUT2D eigenvalue weighted by molar-refractivity contribution is -0.120. The van der Waals surface area contributed by atoms with Crippen LogP contribution in [0.5, 0.6) is 5.75 Å². The average molecular weight is 386 g/mol. The van der Waals surface area contributed by atoms with Crippen LogP contribution in [0.2, 0.25) is 0 Å². The number of aromatic amines is 2. The molecule has 140 valence electrons. The number of hydrogen-bond acceptors (Lipinski definition) is 6. The summed E-state index contributed by atoms with van der Waals surface area (Å²) >= 11 is 1.53. The molecule has 0 saturated heterocycles. The number of H-pyrrole nitrogens is 2. The van der Waals surface area contributed by atoms with Crippen LogP contribution in [0.25, 0.3) is 11.3 Å². The Labute approximate surface area is 158 Å². The van der Waals surface area contributed by atoms with Crippen LogP contribution in [0.15, 0.2) is 45.4 Å². The van der Waals surface area contributed by atoms with Crippen LogP contribution < -0.4 is 21.3 Å². The average Bonchev–Trinajstić information content (AvgIpc) is 3.13. The second kappa shape index (κ2) is 8.45. The zero-order valence-electron chi connectivity index (χ0n) is 14.6. The van der Waals surface area contributed by atoms with Gasteiger partial charge in [0, 0.05) is 35.7 Å². The molecule has 0 aliphatic rings. The van der Waals surface area contributed by atoms with Gasteiger partial charge in [0.05, 0.1) is 24.2 Å². The van der Waals surface area contributed by atoms with E-state index >= 15 is 0 Å². The standard InChI is InChI=1S/C18H18N4O4S/c1-26-13-4-2-11(3-5-13)14-10-27-16(21-14)6-7-19-15(23)8-12-9-20-18(25)22-17(12)24/h2-5,9-10H,6-8H2,1H3,(H,19,23)(H2,20,22,24,25). The molecule has 3 N–H and O–H groups in total. The highest BCUT2D eigenvalue weighted by Crippen LogP contribution is 2.24. The van der Waals surface area contributed by atoms with E-state index in [1.54, 1.807) is 7.11 Å². The van der Waals surface area contributed by atoms with Crippen molar-refractivity contribution in [1.82, 2.24) is 20.3 Å². The van der Waals surface area contributed by atoms with Crippen LogP contribution in [0.4, 0.5) is 0 Å². The van der Waals surface area contributed by atoms with Gasteiger partial charge in [0.1, 0.15) is 5.75 Å². The molecular formula is C18H18N4O4S. The van der Waals surface area contributed by atoms with Crippen LogP contribution in [-0.4, -0.2) is 34.5 Å². The first-order valence-corrected chi connectivity index (χ1v) is 9.09. The van der Waals surface area contributed by atoms with E-state index in [9.17, 15) is 14.4 Å². The normalized spacial score (nSPS) is 10.6. The van der Waals surface area contributed by atoms with Crippen molar-refractivity contribution in [2.45, 2.75) is 12.8 Å². The topological polar surface area (TPSA) is 117 Å². The lowest BCUT2D eigenvalue weighted by Gasteiger charge is -2.03. The summed E-state index contributed by atoms with van der Waals surface area (Å²) in [5.41, 5.74) is 0.935. The van der Waals surface area contributed by atoms with Crippen LogP contribution in [0, 0.1) is 0 Å². The minimum absolute atomic E-state index is 0.0962. The molecule has 0 spiro atoms. The van der Waals surface area contributed by atoms with Gasteiger partial charge in [-0.15, -0.1) is 11.3 Å². The molecule has 2 heterocycles. The first kappa shape index (κ1) is 18.6. The van der Waals surface area contributed by atoms with Crippen LogP contribution in [-0.2, 0) is 17.6 Å². The van der Waals surface area contributed by atoms with E-state index in [1.165, 1.54) is 17.5 Å². The third-order valence-electron chi connectivity index (χ3n) is 3.85. The van der Waals surface area contributed by atoms with E-state index in [-0.39, 0.29) is 17.9 Å². The summed E-state index contributed by atoms with van der Waals surface area (Å²) in [7, 11) is 1.62. The number of thiazole rings is 1. The number of rotatable bonds is 7. The predicted octanol–water partition coefficient (Wildman–Crippen LogP) is 1.10. The molecule has 0 fully saturated rings. The molecule has 3 rings (SSSR count). The van der Waals surface area contributed by atoms with Crippen molar-refractivity contribution in [1.29, 1.82) is 0 Å². The van der Waals surface area contributed by atoms with Gasteiger partial charge in [0.2, 0.25) is 5.91 Å². The van der Waals surface area contributed by atoms with Gasteiger partial charge in [-0.2, -0.15) is 0 Å². The molecule has 0 aliphatic carbocycles. The molecule has 27 heavy (non-hydrogen) atoms. The van der Waals surface area contributed by atoms with E-state index in [4.69, 9.17) is 4.74 Å². The van der Waals surface area contributed by atoms with Crippen molar-refractivity contribution < 1.29 is 9.53 Å². The number of amides is 1. The largest absolute Gasteiger partial charge is 0.497 e. The number of carbonyl (C=O) groups is 1. The number of benzene rings is 1. The number of carbonyl (C=O) groups excluding carboxylic acids is 1. The summed E-state index contributed by atoms with van der Waals surface area (Å²) in [5, 5.41) is 5.63. The van der Waals surface area contributed by atoms with Gasteiger partial charge < -0.3 is 15.0 Å². The zero-order chi connectivity index (χ0) is 19.2. The molecule has 0 saturated carbocycles. The molecular weight excluding hydrogens is 368 g/mol. The highest BCUT2D eigenvalue weighted by Gasteiger charge is 2.09. The van der Waals surface area contributed by atoms with Crippen molar-refractivity contribution in [2.24, 2.45) is 0 Å². The van der Waals surface area contributed by atoms with Gasteiger partial charge in [-0.25, -0.2) is 9.78 Å². The predicted molar refractivity (Wildman–Crippen MR) is 102 cm³/mol. The van der Waals surface area contributed by atoms with Crippen LogP contribution in [0.3, 0.4) is 0 Å². The maximum Gasteiger partial charge on any atom is 0.325 e. The molecule has 0 aliphatic heterocycles. The number of hydrogen-bond donors (Lipinski definition) is 3. The molecule has 8 nitrogen and oxygen atoms in total. The Morgan fingerprint density at radius 2 is 2.04 bits per heavy atom. The molecule has 3 aromatic rings. The number of nitrogens with zero attached hydrogens (tertiary/aromatic N) is 1. The molecule has 0 bridgehead atoms. The van der Waals surface area contributed by atoms with Crippen molar-refractivity contribution in [3.05, 3.63) is 67.3 Å². The van der Waals surface area contributed by atoms with E-state index < -0.39 is 11.2 Å². The van der Waals surface area contributed by atoms with Crippen molar-refractivity contribution in [3.63, 3.8) is 0 Å². The van der Waals surface area contributed by atoms with Crippen molar-refractivity contribution in [2.75, 3.05) is 13.7 Å². The van der Waals surface area contributed by atoms with Gasteiger partial charge in [-0.05, 0) is 24.3 Å². The monoisotopic (exact) mass is 386 g/mol. The van der Waals surface area contributed by atoms with Crippen molar-refractivity contribution >= 4 is 17.2 Å². The smallest absolute Gasteiger partial charge is 0.325 e. The summed E-state index contributed by atoms with van der Waals surface area (Å²) in [4.78, 5) is 43.5. The first-order valence-electron chi connectivity index (χ1n) is 8.21. The van der Waals surface area contributed by atoms with E-state index in [0.717, 1.165) is 22.0 Å². The third-order valence-corrected chi connectivity index (χ3v) is 4.75. The summed E-state index contributed by atoms with van der Waals surface area (Å²) in [6.45, 7) is 0.412. The molecule has 1 aromatic carbocycles. The number of aromatic nitrogens is 3. The quantitative estimate of drug-likeness (QED) is 0.562. The van der Waals surface area contributed by atoms with E-state index in [2.05, 4.69) is 20.3 Å². The summed E-state index contributed by atoms with van der Waals surface area (Å²) < 4.78 is 5.14. The van der Waals surface area contributed by atoms with Gasteiger partial charge >= 0.3 is 5.69 Å². The molecule has 0 atom stereocenters. The fourth-order valence-corrected chi connectivity index (χ4v) is 3.24. The number of ether oxygens (including phenoxy) is 1. The van der Waals surface area contributed by atoms with Crippen molar-refractivity contribution in [3.8, 4) is 17.0 Å². The fraction of sp³-hybridized carbons (Fsp3) is 0.222. The molecule has 0 radical (unpaired) electrons. The Morgan fingerprint density at radius 3 is 2.74 bits per heavy atom. The second-order valence-corrected chi connectivity index (χ2v) is 6.67. The number of nitrogens with one attached hydrogen (secondary N) is 3. The third kappa shape index (κ3) is 4.91. The summed E-state index contributed by atoms with van der Waals surface area (Å²) in [6, 6.07) is 7.66. The highest BCUT2D eigenvalue weighted by molar-refractivity contribution is 7.09. The molecule has 9 heteroatoms. The Bertz CT molecular complexity index is 1040. The Kier molecular flexibility index (Phi) is 5.82. The van der Waals surface area contributed by atoms with Gasteiger partial charge in [0.15, 0.2) is 0 Å². The maximum absolute atomic E-state index is 11.9. The van der Waals surface area contributed by atoms with Crippen LogP contribution in [0.1, 0.15) is 10.6 Å². The summed E-state index contributed by atoms with van der Waals surface area (Å²) in [6.07, 6.45) is 1.75. The van der Waals surface area contributed by atoms with Crippen LogP contribution >= 0.6 is 11.3 Å². The Hall–Kier alpha value is -3.20. The minimum atomic E-state index is -0.597. The molecule has 0 unspecified atom stereocenters. The Balaban J connectivity index is 1.51. The first-order chi connectivity index (χ1) is 13.0. The summed E-state index contributed by atoms with van der Waals surface area (Å²) in [5.74, 6) is 0.498. The lowest BCUT2D eigenvalue weighted by atomic mass is 10.2. The fourth-order valence-electron chi connectivity index (χ4n) is 2.43. The van der Waals surface area contributed by atoms with E-state index in [0.29, 0.717) is 13.0 Å². The van der Waals surface area contributed by atoms with Gasteiger partial charge in [0.25, 0.3) is 5.56 Å². The minimum Gasteiger partial charge on any atom is -0.497 e. The maximum atomic E-state index is 11.9. The highest BCUT2D eigenvalue weighted by atomic mass is 32.1. The molecule has 2 aromatic heterocycles. The van der Waals surface area contributed by atoms with E-state index in [1.807, 2.05) is 29.6 Å². The second-order valence-electron chi connectivity index (χ2n) is 5.73. The van der Waals surface area contributed by atoms with Gasteiger partial charge in [-0.1, -0.05) is 0 Å². The molecule has 1 amide bonds. The lowest BCUT2D eigenvalue weighted by Crippen LogP contribution is -2.31. The Morgan fingerprint density at radius 1 is 1.26 bits per heavy atom. The SMILES string of the molecule is COc1ccc(-c2csc(CCNC(=O)Cc3c[nH]c(=O)[nH]c3=O)n2)cc1. The number of methoxy groups -OCH3 is 1.